The highest BCUT2D eigenvalue weighted by Gasteiger charge is 2.40. The van der Waals surface area contributed by atoms with E-state index in [1.165, 1.54) is 6.07 Å². The van der Waals surface area contributed by atoms with Gasteiger partial charge in [0.25, 0.3) is 11.5 Å². The maximum Gasteiger partial charge on any atom is 0.271 e. The molecule has 1 aromatic heterocycles. The third-order valence-corrected chi connectivity index (χ3v) is 5.70. The van der Waals surface area contributed by atoms with Crippen LogP contribution in [0.3, 0.4) is 0 Å². The van der Waals surface area contributed by atoms with Crippen LogP contribution in [0.4, 0.5) is 0 Å². The third kappa shape index (κ3) is 3.53. The van der Waals surface area contributed by atoms with Gasteiger partial charge in [-0.05, 0) is 37.2 Å². The molecule has 7 nitrogen and oxygen atoms in total. The van der Waals surface area contributed by atoms with Gasteiger partial charge in [0.05, 0.1) is 0 Å². The fourth-order valence-corrected chi connectivity index (χ4v) is 4.24. The first-order valence-electron chi connectivity index (χ1n) is 8.45. The monoisotopic (exact) mass is 352 g/mol. The van der Waals surface area contributed by atoms with E-state index in [0.717, 1.165) is 31.6 Å². The number of amides is 2. The normalized spacial score (nSPS) is 24.1. The zero-order chi connectivity index (χ0) is 17.1. The van der Waals surface area contributed by atoms with Crippen molar-refractivity contribution in [1.29, 1.82) is 0 Å². The van der Waals surface area contributed by atoms with Crippen molar-refractivity contribution in [2.45, 2.75) is 31.7 Å². The van der Waals surface area contributed by atoms with Gasteiger partial charge in [-0.25, -0.2) is 0 Å². The molecule has 0 bridgehead atoms. The van der Waals surface area contributed by atoms with Gasteiger partial charge in [0.2, 0.25) is 5.91 Å². The van der Waals surface area contributed by atoms with Crippen LogP contribution in [0.15, 0.2) is 10.9 Å². The Morgan fingerprint density at radius 1 is 1.33 bits per heavy atom. The minimum Gasteiger partial charge on any atom is -0.339 e. The van der Waals surface area contributed by atoms with Crippen LogP contribution in [0.2, 0.25) is 0 Å². The molecule has 2 aliphatic rings. The van der Waals surface area contributed by atoms with Crippen molar-refractivity contribution in [3.8, 4) is 0 Å². The second-order valence-electron chi connectivity index (χ2n) is 6.51. The maximum absolute atomic E-state index is 12.5. The number of fused-ring (bicyclic) bond motifs is 1. The van der Waals surface area contributed by atoms with E-state index >= 15 is 0 Å². The molecule has 3 heterocycles. The maximum atomic E-state index is 12.5. The van der Waals surface area contributed by atoms with Crippen LogP contribution in [0, 0.1) is 5.92 Å². The highest BCUT2D eigenvalue weighted by Crippen LogP contribution is 2.31. The van der Waals surface area contributed by atoms with Gasteiger partial charge in [-0.2, -0.15) is 11.8 Å². The van der Waals surface area contributed by atoms with Gasteiger partial charge >= 0.3 is 0 Å². The number of piperidine rings is 2. The molecule has 3 rings (SSSR count). The molecule has 1 aromatic rings. The van der Waals surface area contributed by atoms with Crippen molar-refractivity contribution in [2.75, 3.05) is 31.6 Å². The van der Waals surface area contributed by atoms with E-state index < -0.39 is 0 Å². The highest BCUT2D eigenvalue weighted by atomic mass is 32.2. The first kappa shape index (κ1) is 17.1. The standard InChI is InChI=1S/C16H24N4O3S/c1-24-8-2-6-20-13-5-7-19(10-11(13)3-4-15(20)22)16(23)12-9-14(21)18-17-12/h9,11,13H,2-8,10H2,1H3,(H2,17,18,21)/t11-,13+/m0/s1. The number of nitrogens with one attached hydrogen (secondary N) is 2. The lowest BCUT2D eigenvalue weighted by Gasteiger charge is -2.47. The van der Waals surface area contributed by atoms with E-state index in [0.29, 0.717) is 31.1 Å². The van der Waals surface area contributed by atoms with E-state index in [9.17, 15) is 14.4 Å². The number of aromatic nitrogens is 2. The Balaban J connectivity index is 1.64. The van der Waals surface area contributed by atoms with Crippen molar-refractivity contribution in [2.24, 2.45) is 5.92 Å². The summed E-state index contributed by atoms with van der Waals surface area (Å²) in [5.41, 5.74) is 0.0126. The third-order valence-electron chi connectivity index (χ3n) is 5.00. The van der Waals surface area contributed by atoms with Crippen LogP contribution in [-0.2, 0) is 4.79 Å². The summed E-state index contributed by atoms with van der Waals surface area (Å²) in [6.45, 7) is 2.10. The van der Waals surface area contributed by atoms with Crippen LogP contribution < -0.4 is 5.56 Å². The minimum atomic E-state index is -0.295. The summed E-state index contributed by atoms with van der Waals surface area (Å²) in [7, 11) is 0. The number of aromatic amines is 2. The van der Waals surface area contributed by atoms with Gasteiger partial charge in [0.15, 0.2) is 0 Å². The number of likely N-dealkylation sites (tertiary alicyclic amines) is 2. The molecule has 2 fully saturated rings. The topological polar surface area (TPSA) is 89.3 Å². The Morgan fingerprint density at radius 3 is 2.88 bits per heavy atom. The number of carbonyl (C=O) groups is 2. The number of H-pyrrole nitrogens is 2. The fourth-order valence-electron chi connectivity index (χ4n) is 3.82. The van der Waals surface area contributed by atoms with E-state index in [1.807, 2.05) is 4.90 Å². The molecule has 2 N–H and O–H groups in total. The van der Waals surface area contributed by atoms with Crippen LogP contribution in [0.1, 0.15) is 36.2 Å². The second-order valence-corrected chi connectivity index (χ2v) is 7.50. The fraction of sp³-hybridized carbons (Fsp3) is 0.688. The van der Waals surface area contributed by atoms with E-state index in [2.05, 4.69) is 16.5 Å². The predicted molar refractivity (Wildman–Crippen MR) is 93.2 cm³/mol. The quantitative estimate of drug-likeness (QED) is 0.771. The van der Waals surface area contributed by atoms with Crippen LogP contribution >= 0.6 is 11.8 Å². The zero-order valence-electron chi connectivity index (χ0n) is 13.9. The first-order valence-corrected chi connectivity index (χ1v) is 9.85. The SMILES string of the molecule is CSCCCN1C(=O)CC[C@H]2CN(C(=O)c3cc(=O)[nH][nH]3)CC[C@H]21. The van der Waals surface area contributed by atoms with Gasteiger partial charge in [0.1, 0.15) is 5.69 Å². The number of thioether (sulfide) groups is 1. The lowest BCUT2D eigenvalue weighted by molar-refractivity contribution is -0.140. The highest BCUT2D eigenvalue weighted by molar-refractivity contribution is 7.98. The van der Waals surface area contributed by atoms with Crippen molar-refractivity contribution in [3.63, 3.8) is 0 Å². The molecule has 0 unspecified atom stereocenters. The van der Waals surface area contributed by atoms with Crippen LogP contribution in [0.25, 0.3) is 0 Å². The molecule has 8 heteroatoms. The molecule has 0 saturated carbocycles. The Hall–Kier alpha value is -1.70. The molecule has 0 aliphatic carbocycles. The predicted octanol–water partition coefficient (Wildman–Crippen LogP) is 0.909. The lowest BCUT2D eigenvalue weighted by atomic mass is 9.83. The summed E-state index contributed by atoms with van der Waals surface area (Å²) in [4.78, 5) is 39.8. The Kier molecular flexibility index (Phi) is 5.33. The summed E-state index contributed by atoms with van der Waals surface area (Å²) >= 11 is 1.80. The van der Waals surface area contributed by atoms with Gasteiger partial charge in [0, 0.05) is 38.2 Å². The summed E-state index contributed by atoms with van der Waals surface area (Å²) in [6.07, 6.45) is 5.33. The molecule has 0 aromatic carbocycles. The zero-order valence-corrected chi connectivity index (χ0v) is 14.7. The van der Waals surface area contributed by atoms with Gasteiger partial charge in [-0.15, -0.1) is 0 Å². The van der Waals surface area contributed by atoms with E-state index in [1.54, 1.807) is 16.7 Å². The smallest absolute Gasteiger partial charge is 0.271 e. The summed E-state index contributed by atoms with van der Waals surface area (Å²) in [5, 5.41) is 5.03. The van der Waals surface area contributed by atoms with Crippen molar-refractivity contribution < 1.29 is 9.59 Å². The average molecular weight is 352 g/mol. The van der Waals surface area contributed by atoms with Crippen LogP contribution in [-0.4, -0.2) is 69.5 Å². The van der Waals surface area contributed by atoms with Crippen molar-refractivity contribution in [3.05, 3.63) is 22.1 Å². The summed E-state index contributed by atoms with van der Waals surface area (Å²) in [5.74, 6) is 1.51. The van der Waals surface area contributed by atoms with Crippen molar-refractivity contribution >= 4 is 23.6 Å². The molecule has 0 spiro atoms. The molecule has 132 valence electrons. The summed E-state index contributed by atoms with van der Waals surface area (Å²) in [6, 6.07) is 1.55. The van der Waals surface area contributed by atoms with Crippen LogP contribution in [0.5, 0.6) is 0 Å². The first-order chi connectivity index (χ1) is 11.6. The second kappa shape index (κ2) is 7.46. The molecular formula is C16H24N4O3S. The van der Waals surface area contributed by atoms with E-state index in [4.69, 9.17) is 0 Å². The average Bonchev–Trinajstić information content (AvgIpc) is 3.02. The Bertz CT molecular complexity index is 656. The number of rotatable bonds is 5. The molecule has 2 aliphatic heterocycles. The largest absolute Gasteiger partial charge is 0.339 e. The number of nitrogens with zero attached hydrogens (tertiary/aromatic N) is 2. The molecule has 0 radical (unpaired) electrons. The number of carbonyl (C=O) groups excluding carboxylic acids is 2. The molecular weight excluding hydrogens is 328 g/mol. The lowest BCUT2D eigenvalue weighted by Crippen LogP contribution is -2.57. The van der Waals surface area contributed by atoms with Gasteiger partial charge < -0.3 is 9.80 Å². The summed E-state index contributed by atoms with van der Waals surface area (Å²) < 4.78 is 0. The Morgan fingerprint density at radius 2 is 2.17 bits per heavy atom. The number of hydrogen-bond acceptors (Lipinski definition) is 4. The Labute approximate surface area is 145 Å². The molecule has 24 heavy (non-hydrogen) atoms. The van der Waals surface area contributed by atoms with Crippen molar-refractivity contribution in [1.82, 2.24) is 20.0 Å². The minimum absolute atomic E-state index is 0.141. The molecule has 2 atom stereocenters. The number of hydrogen-bond donors (Lipinski definition) is 2. The molecule has 2 saturated heterocycles. The van der Waals surface area contributed by atoms with Gasteiger partial charge in [-0.1, -0.05) is 0 Å². The van der Waals surface area contributed by atoms with Gasteiger partial charge in [-0.3, -0.25) is 24.6 Å². The van der Waals surface area contributed by atoms with E-state index in [-0.39, 0.29) is 23.4 Å². The molecule has 2 amide bonds.